The second-order valence-electron chi connectivity index (χ2n) is 5.90. The minimum absolute atomic E-state index is 0.0521. The van der Waals surface area contributed by atoms with Gasteiger partial charge in [0.2, 0.25) is 5.56 Å². The third-order valence-corrected chi connectivity index (χ3v) is 4.34. The second-order valence-corrected chi connectivity index (χ2v) is 5.90. The molecule has 1 heterocycles. The largest absolute Gasteiger partial charge is 0.322 e. The zero-order valence-electron chi connectivity index (χ0n) is 13.2. The van der Waals surface area contributed by atoms with Crippen molar-refractivity contribution in [3.05, 3.63) is 106 Å². The third kappa shape index (κ3) is 2.74. The van der Waals surface area contributed by atoms with E-state index in [0.717, 1.165) is 17.3 Å². The van der Waals surface area contributed by atoms with Crippen molar-refractivity contribution in [3.8, 4) is 11.1 Å². The summed E-state index contributed by atoms with van der Waals surface area (Å²) in [5.74, 6) is 0. The van der Waals surface area contributed by atoms with Crippen molar-refractivity contribution in [2.24, 2.45) is 0 Å². The minimum Gasteiger partial charge on any atom is -0.322 e. The highest BCUT2D eigenvalue weighted by molar-refractivity contribution is 5.78. The highest BCUT2D eigenvalue weighted by Crippen LogP contribution is 2.35. The van der Waals surface area contributed by atoms with Crippen molar-refractivity contribution in [1.82, 2.24) is 4.98 Å². The number of pyridine rings is 1. The Morgan fingerprint density at radius 2 is 1.21 bits per heavy atom. The van der Waals surface area contributed by atoms with Crippen LogP contribution in [0.1, 0.15) is 11.1 Å². The molecule has 0 unspecified atom stereocenters. The average molecular weight is 311 g/mol. The molecule has 1 aromatic heterocycles. The Labute approximate surface area is 140 Å². The van der Waals surface area contributed by atoms with E-state index in [0.29, 0.717) is 0 Å². The molecule has 2 nitrogen and oxygen atoms in total. The monoisotopic (exact) mass is 311 g/mol. The molecule has 0 amide bonds. The topological polar surface area (TPSA) is 32.9 Å². The van der Waals surface area contributed by atoms with Crippen molar-refractivity contribution >= 4 is 10.9 Å². The SMILES string of the molecule is O=c1ccc2ccccc2[nH]1.c1ccc2c(c1)Cc1ccccc1-2. The molecule has 2 heteroatoms. The summed E-state index contributed by atoms with van der Waals surface area (Å²) >= 11 is 0. The molecule has 0 radical (unpaired) electrons. The molecular formula is C22H17NO. The van der Waals surface area contributed by atoms with E-state index in [1.807, 2.05) is 30.3 Å². The van der Waals surface area contributed by atoms with E-state index in [1.54, 1.807) is 0 Å². The number of hydrogen-bond donors (Lipinski definition) is 1. The second kappa shape index (κ2) is 6.17. The van der Waals surface area contributed by atoms with Gasteiger partial charge in [-0.2, -0.15) is 0 Å². The molecule has 0 bridgehead atoms. The van der Waals surface area contributed by atoms with Crippen molar-refractivity contribution in [2.45, 2.75) is 6.42 Å². The molecule has 4 aromatic rings. The summed E-state index contributed by atoms with van der Waals surface area (Å²) in [6, 6.07) is 28.3. The molecule has 0 aliphatic heterocycles. The predicted octanol–water partition coefficient (Wildman–Crippen LogP) is 4.79. The van der Waals surface area contributed by atoms with E-state index in [9.17, 15) is 4.79 Å². The number of nitrogens with one attached hydrogen (secondary N) is 1. The lowest BCUT2D eigenvalue weighted by Crippen LogP contribution is -2.01. The maximum atomic E-state index is 10.8. The van der Waals surface area contributed by atoms with Gasteiger partial charge in [0.1, 0.15) is 0 Å². The van der Waals surface area contributed by atoms with Crippen LogP contribution in [0.4, 0.5) is 0 Å². The van der Waals surface area contributed by atoms with Crippen LogP contribution in [-0.2, 0) is 6.42 Å². The van der Waals surface area contributed by atoms with Crippen molar-refractivity contribution < 1.29 is 0 Å². The van der Waals surface area contributed by atoms with Gasteiger partial charge in [0, 0.05) is 11.6 Å². The molecule has 24 heavy (non-hydrogen) atoms. The maximum Gasteiger partial charge on any atom is 0.248 e. The van der Waals surface area contributed by atoms with E-state index in [4.69, 9.17) is 0 Å². The molecule has 0 fully saturated rings. The van der Waals surface area contributed by atoms with E-state index in [2.05, 4.69) is 53.5 Å². The zero-order chi connectivity index (χ0) is 16.4. The number of H-pyrrole nitrogens is 1. The normalized spacial score (nSPS) is 11.3. The van der Waals surface area contributed by atoms with Gasteiger partial charge in [0.15, 0.2) is 0 Å². The van der Waals surface area contributed by atoms with Gasteiger partial charge in [-0.1, -0.05) is 66.7 Å². The average Bonchev–Trinajstić information content (AvgIpc) is 3.01. The highest BCUT2D eigenvalue weighted by Gasteiger charge is 2.15. The Bertz CT molecular complexity index is 1020. The van der Waals surface area contributed by atoms with Gasteiger partial charge in [-0.25, -0.2) is 0 Å². The Morgan fingerprint density at radius 1 is 0.625 bits per heavy atom. The van der Waals surface area contributed by atoms with Gasteiger partial charge >= 0.3 is 0 Å². The molecule has 0 atom stereocenters. The molecule has 1 N–H and O–H groups in total. The van der Waals surface area contributed by atoms with Crippen LogP contribution >= 0.6 is 0 Å². The summed E-state index contributed by atoms with van der Waals surface area (Å²) in [6.07, 6.45) is 1.10. The number of benzene rings is 3. The number of aromatic nitrogens is 1. The predicted molar refractivity (Wildman–Crippen MR) is 99.3 cm³/mol. The lowest BCUT2D eigenvalue weighted by molar-refractivity contribution is 1.26. The zero-order valence-corrected chi connectivity index (χ0v) is 13.2. The first-order chi connectivity index (χ1) is 11.8. The summed E-state index contributed by atoms with van der Waals surface area (Å²) in [5.41, 5.74) is 6.59. The lowest BCUT2D eigenvalue weighted by Gasteiger charge is -1.98. The quantitative estimate of drug-likeness (QED) is 0.438. The Balaban J connectivity index is 0.000000123. The van der Waals surface area contributed by atoms with Crippen molar-refractivity contribution in [2.75, 3.05) is 0 Å². The van der Waals surface area contributed by atoms with Crippen LogP contribution in [0.15, 0.2) is 89.7 Å². The molecule has 0 saturated heterocycles. The summed E-state index contributed by atoms with van der Waals surface area (Å²) in [5, 5.41) is 1.06. The molecular weight excluding hydrogens is 294 g/mol. The fraction of sp³-hybridized carbons (Fsp3) is 0.0455. The number of fused-ring (bicyclic) bond motifs is 4. The van der Waals surface area contributed by atoms with Gasteiger partial charge < -0.3 is 4.98 Å². The third-order valence-electron chi connectivity index (χ3n) is 4.34. The maximum absolute atomic E-state index is 10.8. The first-order valence-corrected chi connectivity index (χ1v) is 8.05. The Morgan fingerprint density at radius 3 is 1.92 bits per heavy atom. The van der Waals surface area contributed by atoms with Crippen LogP contribution in [0, 0.1) is 0 Å². The summed E-state index contributed by atoms with van der Waals surface area (Å²) in [4.78, 5) is 13.6. The highest BCUT2D eigenvalue weighted by atomic mass is 16.1. The van der Waals surface area contributed by atoms with E-state index in [-0.39, 0.29) is 5.56 Å². The fourth-order valence-corrected chi connectivity index (χ4v) is 3.18. The van der Waals surface area contributed by atoms with Gasteiger partial charge in [0.05, 0.1) is 0 Å². The molecule has 5 rings (SSSR count). The van der Waals surface area contributed by atoms with Crippen LogP contribution in [-0.4, -0.2) is 4.98 Å². The fourth-order valence-electron chi connectivity index (χ4n) is 3.18. The minimum atomic E-state index is -0.0521. The van der Waals surface area contributed by atoms with Crippen LogP contribution in [0.25, 0.3) is 22.0 Å². The van der Waals surface area contributed by atoms with Crippen LogP contribution in [0.5, 0.6) is 0 Å². The number of para-hydroxylation sites is 1. The number of rotatable bonds is 0. The van der Waals surface area contributed by atoms with Crippen LogP contribution in [0.3, 0.4) is 0 Å². The Kier molecular flexibility index (Phi) is 3.72. The van der Waals surface area contributed by atoms with Gasteiger partial charge in [-0.05, 0) is 46.2 Å². The standard InChI is InChI=1S/C13H10.C9H7NO/c1-3-7-12-10(5-1)9-11-6-2-4-8-13(11)12;11-9-6-5-7-3-1-2-4-8(7)10-9/h1-8H,9H2;1-6H,(H,10,11). The van der Waals surface area contributed by atoms with Crippen molar-refractivity contribution in [1.29, 1.82) is 0 Å². The molecule has 1 aliphatic carbocycles. The first kappa shape index (κ1) is 14.5. The molecule has 116 valence electrons. The van der Waals surface area contributed by atoms with Crippen LogP contribution in [0.2, 0.25) is 0 Å². The first-order valence-electron chi connectivity index (χ1n) is 8.05. The van der Waals surface area contributed by atoms with E-state index in [1.165, 1.54) is 28.3 Å². The van der Waals surface area contributed by atoms with E-state index < -0.39 is 0 Å². The molecule has 1 aliphatic rings. The summed E-state index contributed by atoms with van der Waals surface area (Å²) < 4.78 is 0. The number of hydrogen-bond acceptors (Lipinski definition) is 1. The molecule has 3 aromatic carbocycles. The van der Waals surface area contributed by atoms with Crippen LogP contribution < -0.4 is 5.56 Å². The molecule has 0 saturated carbocycles. The summed E-state index contributed by atoms with van der Waals surface area (Å²) in [7, 11) is 0. The Hall–Kier alpha value is -3.13. The summed E-state index contributed by atoms with van der Waals surface area (Å²) in [6.45, 7) is 0. The lowest BCUT2D eigenvalue weighted by atomic mass is 10.1. The molecule has 0 spiro atoms. The van der Waals surface area contributed by atoms with Gasteiger partial charge in [-0.3, -0.25) is 4.79 Å². The smallest absolute Gasteiger partial charge is 0.248 e. The van der Waals surface area contributed by atoms with Gasteiger partial charge in [-0.15, -0.1) is 0 Å². The number of aromatic amines is 1. The van der Waals surface area contributed by atoms with E-state index >= 15 is 0 Å². The van der Waals surface area contributed by atoms with Gasteiger partial charge in [0.25, 0.3) is 0 Å². The van der Waals surface area contributed by atoms with Crippen molar-refractivity contribution in [3.63, 3.8) is 0 Å².